The molecule has 104 valence electrons. The van der Waals surface area contributed by atoms with Crippen molar-refractivity contribution in [3.05, 3.63) is 35.7 Å². The highest BCUT2D eigenvalue weighted by molar-refractivity contribution is 5.93. The Morgan fingerprint density at radius 1 is 1.40 bits per heavy atom. The van der Waals surface area contributed by atoms with Crippen LogP contribution in [0.1, 0.15) is 41.3 Å². The zero-order chi connectivity index (χ0) is 13.6. The van der Waals surface area contributed by atoms with Crippen molar-refractivity contribution in [1.82, 2.24) is 25.1 Å². The van der Waals surface area contributed by atoms with Gasteiger partial charge >= 0.3 is 0 Å². The Labute approximate surface area is 116 Å². The molecule has 2 N–H and O–H groups in total. The van der Waals surface area contributed by atoms with Gasteiger partial charge in [-0.15, -0.1) is 0 Å². The van der Waals surface area contributed by atoms with Crippen LogP contribution in [0.3, 0.4) is 0 Å². The summed E-state index contributed by atoms with van der Waals surface area (Å²) >= 11 is 0. The molecule has 3 heterocycles. The molecule has 0 unspecified atom stereocenters. The van der Waals surface area contributed by atoms with Crippen molar-refractivity contribution in [2.75, 3.05) is 6.54 Å². The fourth-order valence-electron chi connectivity index (χ4n) is 2.90. The summed E-state index contributed by atoms with van der Waals surface area (Å²) in [6.45, 7) is 1.56. The molecule has 0 bridgehead atoms. The fraction of sp³-hybridized carbons (Fsp3) is 0.500. The van der Waals surface area contributed by atoms with Gasteiger partial charge in [0.15, 0.2) is 0 Å². The van der Waals surface area contributed by atoms with Crippen LogP contribution in [-0.4, -0.2) is 32.2 Å². The highest BCUT2D eigenvalue weighted by atomic mass is 16.1. The lowest BCUT2D eigenvalue weighted by molar-refractivity contribution is 0.0951. The molecule has 2 aromatic rings. The third kappa shape index (κ3) is 1.83. The van der Waals surface area contributed by atoms with Crippen molar-refractivity contribution in [2.45, 2.75) is 37.6 Å². The van der Waals surface area contributed by atoms with E-state index in [4.69, 9.17) is 0 Å². The van der Waals surface area contributed by atoms with Crippen LogP contribution in [0, 0.1) is 0 Å². The van der Waals surface area contributed by atoms with Crippen molar-refractivity contribution < 1.29 is 4.79 Å². The quantitative estimate of drug-likeness (QED) is 0.875. The van der Waals surface area contributed by atoms with E-state index in [0.717, 1.165) is 50.3 Å². The summed E-state index contributed by atoms with van der Waals surface area (Å²) in [6, 6.07) is 1.93. The van der Waals surface area contributed by atoms with Crippen LogP contribution in [0.25, 0.3) is 0 Å². The maximum atomic E-state index is 12.0. The third-order valence-electron chi connectivity index (χ3n) is 4.26. The number of imidazole rings is 1. The molecule has 1 saturated carbocycles. The number of aromatic amines is 1. The molecule has 20 heavy (non-hydrogen) atoms. The van der Waals surface area contributed by atoms with Crippen LogP contribution < -0.4 is 5.32 Å². The van der Waals surface area contributed by atoms with E-state index in [9.17, 15) is 4.79 Å². The Morgan fingerprint density at radius 2 is 2.30 bits per heavy atom. The number of carbonyl (C=O) groups is 1. The minimum Gasteiger partial charge on any atom is -0.351 e. The van der Waals surface area contributed by atoms with Crippen molar-refractivity contribution in [2.24, 2.45) is 0 Å². The predicted octanol–water partition coefficient (Wildman–Crippen LogP) is 1.01. The van der Waals surface area contributed by atoms with Crippen LogP contribution in [-0.2, 0) is 18.4 Å². The second kappa shape index (κ2) is 4.19. The summed E-state index contributed by atoms with van der Waals surface area (Å²) in [5.74, 6) is 0.907. The molecule has 1 aliphatic heterocycles. The third-order valence-corrected chi connectivity index (χ3v) is 4.26. The van der Waals surface area contributed by atoms with Crippen LogP contribution in [0.2, 0.25) is 0 Å². The number of aromatic nitrogens is 4. The summed E-state index contributed by atoms with van der Waals surface area (Å²) in [6.07, 6.45) is 7.81. The number of aryl methyl sites for hydroxylation is 1. The summed E-state index contributed by atoms with van der Waals surface area (Å²) in [5.41, 5.74) is 1.62. The monoisotopic (exact) mass is 271 g/mol. The molecule has 1 fully saturated rings. The number of nitrogens with one attached hydrogen (secondary N) is 2. The molecule has 4 rings (SSSR count). The van der Waals surface area contributed by atoms with Crippen LogP contribution >= 0.6 is 0 Å². The Kier molecular flexibility index (Phi) is 2.45. The molecule has 1 amide bonds. The van der Waals surface area contributed by atoms with Crippen LogP contribution in [0.5, 0.6) is 0 Å². The van der Waals surface area contributed by atoms with Gasteiger partial charge in [0.1, 0.15) is 11.5 Å². The number of hydrogen-bond acceptors (Lipinski definition) is 3. The van der Waals surface area contributed by atoms with Gasteiger partial charge in [0, 0.05) is 30.0 Å². The highest BCUT2D eigenvalue weighted by Crippen LogP contribution is 2.48. The molecule has 0 saturated heterocycles. The number of H-pyrrole nitrogens is 1. The molecule has 0 aromatic carbocycles. The average Bonchev–Trinajstić information content (AvgIpc) is 2.90. The van der Waals surface area contributed by atoms with E-state index in [1.807, 2.05) is 16.9 Å². The molecule has 2 aromatic heterocycles. The fourth-order valence-corrected chi connectivity index (χ4v) is 2.90. The van der Waals surface area contributed by atoms with E-state index in [1.165, 1.54) is 0 Å². The Hall–Kier alpha value is -2.11. The van der Waals surface area contributed by atoms with E-state index in [1.54, 1.807) is 6.20 Å². The first-order chi connectivity index (χ1) is 9.77. The van der Waals surface area contributed by atoms with Crippen LogP contribution in [0.15, 0.2) is 18.5 Å². The van der Waals surface area contributed by atoms with Crippen molar-refractivity contribution in [1.29, 1.82) is 0 Å². The number of nitrogens with zero attached hydrogens (tertiary/aromatic N) is 3. The van der Waals surface area contributed by atoms with Gasteiger partial charge in [0.25, 0.3) is 5.91 Å². The van der Waals surface area contributed by atoms with E-state index < -0.39 is 0 Å². The number of rotatable bonds is 3. The maximum Gasteiger partial charge on any atom is 0.271 e. The lowest BCUT2D eigenvalue weighted by Crippen LogP contribution is -2.23. The molecular weight excluding hydrogens is 254 g/mol. The zero-order valence-electron chi connectivity index (χ0n) is 11.2. The molecule has 0 atom stereocenters. The largest absolute Gasteiger partial charge is 0.351 e. The topological polar surface area (TPSA) is 75.6 Å². The van der Waals surface area contributed by atoms with E-state index in [0.29, 0.717) is 5.69 Å². The molecule has 6 heteroatoms. The molecule has 6 nitrogen and oxygen atoms in total. The summed E-state index contributed by atoms with van der Waals surface area (Å²) in [7, 11) is 0. The van der Waals surface area contributed by atoms with Crippen molar-refractivity contribution >= 4 is 5.91 Å². The van der Waals surface area contributed by atoms with Gasteiger partial charge in [-0.05, 0) is 31.7 Å². The molecule has 1 aliphatic carbocycles. The Bertz CT molecular complexity index is 639. The first-order valence-corrected chi connectivity index (χ1v) is 7.12. The lowest BCUT2D eigenvalue weighted by Gasteiger charge is -2.12. The molecular formula is C14H17N5O. The number of carbonyl (C=O) groups excluding carboxylic acids is 1. The lowest BCUT2D eigenvalue weighted by atomic mass is 10.1. The Balaban J connectivity index is 1.66. The average molecular weight is 271 g/mol. The smallest absolute Gasteiger partial charge is 0.271 e. The van der Waals surface area contributed by atoms with Gasteiger partial charge in [-0.3, -0.25) is 9.48 Å². The highest BCUT2D eigenvalue weighted by Gasteiger charge is 2.48. The number of amides is 1. The zero-order valence-corrected chi connectivity index (χ0v) is 11.2. The van der Waals surface area contributed by atoms with Gasteiger partial charge in [0.2, 0.25) is 0 Å². The second-order valence-corrected chi connectivity index (χ2v) is 5.76. The second-order valence-electron chi connectivity index (χ2n) is 5.76. The standard InChI is InChI=1S/C14H17N5O/c20-12-11-10(3-1-6-15-12)17-13(18-11)14(4-5-14)9-19-8-2-7-16-19/h2,7-8H,1,3-6,9H2,(H,15,20)(H,17,18). The van der Waals surface area contributed by atoms with E-state index in [-0.39, 0.29) is 11.3 Å². The van der Waals surface area contributed by atoms with Gasteiger partial charge in [-0.25, -0.2) is 4.98 Å². The number of fused-ring (bicyclic) bond motifs is 1. The van der Waals surface area contributed by atoms with Crippen molar-refractivity contribution in [3.63, 3.8) is 0 Å². The van der Waals surface area contributed by atoms with Gasteiger partial charge in [0.05, 0.1) is 6.54 Å². The van der Waals surface area contributed by atoms with Gasteiger partial charge in [-0.2, -0.15) is 5.10 Å². The summed E-state index contributed by atoms with van der Waals surface area (Å²) < 4.78 is 1.95. The summed E-state index contributed by atoms with van der Waals surface area (Å²) in [4.78, 5) is 20.0. The maximum absolute atomic E-state index is 12.0. The van der Waals surface area contributed by atoms with Gasteiger partial charge in [-0.1, -0.05) is 0 Å². The molecule has 2 aliphatic rings. The van der Waals surface area contributed by atoms with Crippen molar-refractivity contribution in [3.8, 4) is 0 Å². The van der Waals surface area contributed by atoms with E-state index in [2.05, 4.69) is 20.4 Å². The first kappa shape index (κ1) is 11.7. The van der Waals surface area contributed by atoms with Crippen LogP contribution in [0.4, 0.5) is 0 Å². The van der Waals surface area contributed by atoms with E-state index >= 15 is 0 Å². The normalized spacial score (nSPS) is 20.1. The van der Waals surface area contributed by atoms with Gasteiger partial charge < -0.3 is 10.3 Å². The molecule has 0 radical (unpaired) electrons. The minimum atomic E-state index is -0.0464. The Morgan fingerprint density at radius 3 is 3.05 bits per heavy atom. The predicted molar refractivity (Wildman–Crippen MR) is 72.4 cm³/mol. The SMILES string of the molecule is O=C1NCCCc2[nH]c(C3(Cn4cccn4)CC3)nc21. The first-order valence-electron chi connectivity index (χ1n) is 7.12. The summed E-state index contributed by atoms with van der Waals surface area (Å²) in [5, 5.41) is 7.17. The minimum absolute atomic E-state index is 0.0402. The number of hydrogen-bond donors (Lipinski definition) is 2. The molecule has 0 spiro atoms.